The number of anilines is 2. The fraction of sp³-hybridized carbons (Fsp3) is 0.417. The van der Waals surface area contributed by atoms with Gasteiger partial charge in [0.05, 0.1) is 12.8 Å². The third-order valence-electron chi connectivity index (χ3n) is 2.92. The quantitative estimate of drug-likeness (QED) is 0.527. The average molecular weight is 277 g/mol. The fourth-order valence-corrected chi connectivity index (χ4v) is 2.00. The topological polar surface area (TPSA) is 103 Å². The van der Waals surface area contributed by atoms with Crippen LogP contribution in [0, 0.1) is 0 Å². The molecule has 2 rings (SSSR count). The van der Waals surface area contributed by atoms with E-state index in [1.807, 2.05) is 13.2 Å². The number of rotatable bonds is 6. The second kappa shape index (κ2) is 6.20. The molecule has 0 aliphatic rings. The van der Waals surface area contributed by atoms with E-state index in [9.17, 15) is 0 Å². The van der Waals surface area contributed by atoms with Crippen LogP contribution in [-0.4, -0.2) is 26.9 Å². The number of nitrogens with one attached hydrogen (secondary N) is 2. The summed E-state index contributed by atoms with van der Waals surface area (Å²) in [5.74, 6) is 6.89. The molecule has 108 valence electrons. The molecule has 0 spiro atoms. The van der Waals surface area contributed by atoms with Crippen molar-refractivity contribution in [2.75, 3.05) is 17.9 Å². The van der Waals surface area contributed by atoms with Gasteiger partial charge in [-0.05, 0) is 6.42 Å². The zero-order chi connectivity index (χ0) is 14.5. The van der Waals surface area contributed by atoms with Crippen LogP contribution in [0.5, 0.6) is 5.75 Å². The SMILES string of the molecule is CCc1nn(C)cc1CNc1ncnc(NN)c1OC. The summed E-state index contributed by atoms with van der Waals surface area (Å²) in [6.45, 7) is 2.68. The number of nitrogens with two attached hydrogens (primary N) is 1. The molecule has 20 heavy (non-hydrogen) atoms. The van der Waals surface area contributed by atoms with Crippen LogP contribution in [0.3, 0.4) is 0 Å². The minimum absolute atomic E-state index is 0.437. The predicted molar refractivity (Wildman–Crippen MR) is 76.3 cm³/mol. The number of ether oxygens (including phenoxy) is 1. The highest BCUT2D eigenvalue weighted by Crippen LogP contribution is 2.28. The molecule has 0 amide bonds. The molecule has 0 bridgehead atoms. The first kappa shape index (κ1) is 14.1. The molecule has 2 aromatic heterocycles. The van der Waals surface area contributed by atoms with Crippen LogP contribution in [-0.2, 0) is 20.0 Å². The molecular weight excluding hydrogens is 258 g/mol. The predicted octanol–water partition coefficient (Wildman–Crippen LogP) is 0.679. The molecule has 4 N–H and O–H groups in total. The Morgan fingerprint density at radius 2 is 2.10 bits per heavy atom. The lowest BCUT2D eigenvalue weighted by molar-refractivity contribution is 0.414. The van der Waals surface area contributed by atoms with Crippen molar-refractivity contribution in [1.29, 1.82) is 0 Å². The van der Waals surface area contributed by atoms with Gasteiger partial charge in [0.25, 0.3) is 0 Å². The van der Waals surface area contributed by atoms with Gasteiger partial charge >= 0.3 is 0 Å². The lowest BCUT2D eigenvalue weighted by atomic mass is 10.2. The lowest BCUT2D eigenvalue weighted by Gasteiger charge is -2.12. The van der Waals surface area contributed by atoms with Crippen molar-refractivity contribution in [3.63, 3.8) is 0 Å². The first-order valence-electron chi connectivity index (χ1n) is 6.30. The number of hydrogen-bond acceptors (Lipinski definition) is 7. The van der Waals surface area contributed by atoms with Crippen molar-refractivity contribution in [3.8, 4) is 5.75 Å². The first-order valence-corrected chi connectivity index (χ1v) is 6.30. The van der Waals surface area contributed by atoms with Crippen molar-refractivity contribution in [2.45, 2.75) is 19.9 Å². The Kier molecular flexibility index (Phi) is 4.36. The molecule has 0 fully saturated rings. The Hall–Kier alpha value is -2.35. The monoisotopic (exact) mass is 277 g/mol. The van der Waals surface area contributed by atoms with Crippen LogP contribution in [0.15, 0.2) is 12.5 Å². The van der Waals surface area contributed by atoms with Gasteiger partial charge in [-0.3, -0.25) is 4.68 Å². The van der Waals surface area contributed by atoms with E-state index in [2.05, 4.69) is 32.7 Å². The summed E-state index contributed by atoms with van der Waals surface area (Å²) in [4.78, 5) is 8.16. The molecule has 8 heteroatoms. The summed E-state index contributed by atoms with van der Waals surface area (Å²) in [5, 5.41) is 7.62. The minimum atomic E-state index is 0.437. The van der Waals surface area contributed by atoms with Gasteiger partial charge in [-0.25, -0.2) is 15.8 Å². The van der Waals surface area contributed by atoms with Gasteiger partial charge in [0.1, 0.15) is 6.33 Å². The summed E-state index contributed by atoms with van der Waals surface area (Å²) in [6, 6.07) is 0. The van der Waals surface area contributed by atoms with E-state index in [0.717, 1.165) is 17.7 Å². The van der Waals surface area contributed by atoms with Crippen LogP contribution in [0.25, 0.3) is 0 Å². The minimum Gasteiger partial charge on any atom is -0.490 e. The van der Waals surface area contributed by atoms with E-state index in [1.165, 1.54) is 6.33 Å². The Bertz CT molecular complexity index is 581. The Morgan fingerprint density at radius 1 is 1.35 bits per heavy atom. The van der Waals surface area contributed by atoms with Crippen LogP contribution < -0.4 is 21.3 Å². The van der Waals surface area contributed by atoms with E-state index in [4.69, 9.17) is 10.6 Å². The smallest absolute Gasteiger partial charge is 0.205 e. The molecule has 0 aliphatic carbocycles. The van der Waals surface area contributed by atoms with E-state index >= 15 is 0 Å². The standard InChI is InChI=1S/C12H19N7O/c1-4-9-8(6-19(2)18-9)5-14-11-10(20-3)12(17-13)16-7-15-11/h6-7H,4-5,13H2,1-3H3,(H2,14,15,16,17). The van der Waals surface area contributed by atoms with Crippen molar-refractivity contribution in [2.24, 2.45) is 12.9 Å². The third kappa shape index (κ3) is 2.80. The summed E-state index contributed by atoms with van der Waals surface area (Å²) < 4.78 is 7.07. The lowest BCUT2D eigenvalue weighted by Crippen LogP contribution is -2.12. The molecule has 0 aliphatic heterocycles. The summed E-state index contributed by atoms with van der Waals surface area (Å²) in [7, 11) is 3.45. The average Bonchev–Trinajstić information content (AvgIpc) is 2.84. The Morgan fingerprint density at radius 3 is 2.75 bits per heavy atom. The maximum absolute atomic E-state index is 5.39. The summed E-state index contributed by atoms with van der Waals surface area (Å²) >= 11 is 0. The molecule has 0 aromatic carbocycles. The molecule has 0 atom stereocenters. The number of aryl methyl sites for hydroxylation is 2. The Labute approximate surface area is 117 Å². The number of aromatic nitrogens is 4. The normalized spacial score (nSPS) is 10.4. The number of hydrazine groups is 1. The number of nitrogen functional groups attached to an aromatic ring is 1. The van der Waals surface area contributed by atoms with Gasteiger partial charge in [-0.15, -0.1) is 0 Å². The van der Waals surface area contributed by atoms with Gasteiger partial charge in [0, 0.05) is 25.4 Å². The largest absolute Gasteiger partial charge is 0.490 e. The van der Waals surface area contributed by atoms with Crippen molar-refractivity contribution in [1.82, 2.24) is 19.7 Å². The second-order valence-corrected chi connectivity index (χ2v) is 4.23. The molecule has 0 saturated heterocycles. The maximum atomic E-state index is 5.39. The van der Waals surface area contributed by atoms with Gasteiger partial charge in [-0.2, -0.15) is 5.10 Å². The van der Waals surface area contributed by atoms with Crippen LogP contribution in [0.1, 0.15) is 18.2 Å². The van der Waals surface area contributed by atoms with Crippen LogP contribution in [0.2, 0.25) is 0 Å². The van der Waals surface area contributed by atoms with E-state index in [1.54, 1.807) is 11.8 Å². The Balaban J connectivity index is 2.18. The van der Waals surface area contributed by atoms with Gasteiger partial charge in [0.2, 0.25) is 5.75 Å². The van der Waals surface area contributed by atoms with E-state index in [-0.39, 0.29) is 0 Å². The zero-order valence-electron chi connectivity index (χ0n) is 11.8. The molecular formula is C12H19N7O. The number of methoxy groups -OCH3 is 1. The summed E-state index contributed by atoms with van der Waals surface area (Å²) in [6.07, 6.45) is 4.29. The van der Waals surface area contributed by atoms with Crippen LogP contribution in [0.4, 0.5) is 11.6 Å². The van der Waals surface area contributed by atoms with E-state index in [0.29, 0.717) is 23.9 Å². The zero-order valence-corrected chi connectivity index (χ0v) is 11.8. The second-order valence-electron chi connectivity index (χ2n) is 4.23. The van der Waals surface area contributed by atoms with E-state index < -0.39 is 0 Å². The van der Waals surface area contributed by atoms with Crippen molar-refractivity contribution >= 4 is 11.6 Å². The van der Waals surface area contributed by atoms with Gasteiger partial charge in [0.15, 0.2) is 11.6 Å². The highest BCUT2D eigenvalue weighted by molar-refractivity contribution is 5.63. The van der Waals surface area contributed by atoms with Crippen LogP contribution >= 0.6 is 0 Å². The molecule has 0 radical (unpaired) electrons. The van der Waals surface area contributed by atoms with Gasteiger partial charge in [-0.1, -0.05) is 6.92 Å². The number of hydrogen-bond donors (Lipinski definition) is 3. The molecule has 8 nitrogen and oxygen atoms in total. The fourth-order valence-electron chi connectivity index (χ4n) is 2.00. The maximum Gasteiger partial charge on any atom is 0.205 e. The third-order valence-corrected chi connectivity index (χ3v) is 2.92. The van der Waals surface area contributed by atoms with Crippen molar-refractivity contribution in [3.05, 3.63) is 23.8 Å². The van der Waals surface area contributed by atoms with Crippen molar-refractivity contribution < 1.29 is 4.74 Å². The molecule has 0 saturated carbocycles. The number of nitrogens with zero attached hydrogens (tertiary/aromatic N) is 4. The molecule has 2 heterocycles. The molecule has 0 unspecified atom stereocenters. The van der Waals surface area contributed by atoms with Gasteiger partial charge < -0.3 is 15.5 Å². The first-order chi connectivity index (χ1) is 9.69. The molecule has 2 aromatic rings. The highest BCUT2D eigenvalue weighted by atomic mass is 16.5. The summed E-state index contributed by atoms with van der Waals surface area (Å²) in [5.41, 5.74) is 4.66. The highest BCUT2D eigenvalue weighted by Gasteiger charge is 2.12.